The number of aryl methyl sites for hydroxylation is 1. The van der Waals surface area contributed by atoms with Crippen LogP contribution in [0.4, 0.5) is 10.2 Å². The maximum atomic E-state index is 13.6. The van der Waals surface area contributed by atoms with Crippen LogP contribution in [0.1, 0.15) is 24.0 Å². The summed E-state index contributed by atoms with van der Waals surface area (Å²) in [5.41, 5.74) is 1.71. The van der Waals surface area contributed by atoms with Crippen molar-refractivity contribution in [2.45, 2.75) is 25.2 Å². The van der Waals surface area contributed by atoms with E-state index in [0.29, 0.717) is 10.8 Å². The van der Waals surface area contributed by atoms with Crippen LogP contribution in [-0.2, 0) is 10.2 Å². The van der Waals surface area contributed by atoms with Crippen molar-refractivity contribution in [3.8, 4) is 0 Å². The normalized spacial score (nSPS) is 21.6. The predicted octanol–water partition coefficient (Wildman–Crippen LogP) is 2.26. The molecule has 1 amide bonds. The van der Waals surface area contributed by atoms with Crippen LogP contribution in [0.2, 0.25) is 0 Å². The molecule has 0 aromatic heterocycles. The third-order valence-electron chi connectivity index (χ3n) is 3.29. The Morgan fingerprint density at radius 1 is 1.43 bits per heavy atom. The van der Waals surface area contributed by atoms with Gasteiger partial charge in [0.2, 0.25) is 0 Å². The van der Waals surface area contributed by atoms with E-state index in [9.17, 15) is 9.28 Å². The SMILES string of the molecule is Cc1cccc2c1N(F)C(=O)C21CC1. The summed E-state index contributed by atoms with van der Waals surface area (Å²) >= 11 is 0. The van der Waals surface area contributed by atoms with Crippen LogP contribution in [0.5, 0.6) is 0 Å². The average molecular weight is 191 g/mol. The Bertz CT molecular complexity index is 437. The third kappa shape index (κ3) is 0.694. The second kappa shape index (κ2) is 2.16. The van der Waals surface area contributed by atoms with Crippen molar-refractivity contribution in [3.63, 3.8) is 0 Å². The number of halogens is 1. The molecule has 72 valence electrons. The highest BCUT2D eigenvalue weighted by Crippen LogP contribution is 2.58. The molecule has 0 radical (unpaired) electrons. The zero-order chi connectivity index (χ0) is 9.92. The zero-order valence-electron chi connectivity index (χ0n) is 7.88. The Morgan fingerprint density at radius 2 is 2.14 bits per heavy atom. The van der Waals surface area contributed by atoms with Crippen molar-refractivity contribution in [1.82, 2.24) is 0 Å². The fraction of sp³-hybridized carbons (Fsp3) is 0.364. The van der Waals surface area contributed by atoms with Gasteiger partial charge in [-0.25, -0.2) is 0 Å². The number of rotatable bonds is 0. The quantitative estimate of drug-likeness (QED) is 0.576. The molecule has 0 saturated heterocycles. The highest BCUT2D eigenvalue weighted by molar-refractivity contribution is 6.09. The molecule has 1 saturated carbocycles. The van der Waals surface area contributed by atoms with Crippen molar-refractivity contribution in [1.29, 1.82) is 0 Å². The van der Waals surface area contributed by atoms with E-state index in [4.69, 9.17) is 0 Å². The van der Waals surface area contributed by atoms with Gasteiger partial charge in [-0.15, -0.1) is 5.12 Å². The van der Waals surface area contributed by atoms with Crippen molar-refractivity contribution < 1.29 is 9.28 Å². The Kier molecular flexibility index (Phi) is 1.23. The molecule has 1 aliphatic heterocycles. The fourth-order valence-electron chi connectivity index (χ4n) is 2.32. The van der Waals surface area contributed by atoms with E-state index in [1.807, 2.05) is 25.1 Å². The maximum Gasteiger partial charge on any atom is 0.265 e. The Balaban J connectivity index is 2.31. The van der Waals surface area contributed by atoms with Crippen molar-refractivity contribution in [2.24, 2.45) is 0 Å². The Hall–Kier alpha value is -1.38. The second-order valence-electron chi connectivity index (χ2n) is 4.14. The molecule has 1 aliphatic carbocycles. The molecule has 1 aromatic rings. The minimum Gasteiger partial charge on any atom is -0.271 e. The Morgan fingerprint density at radius 3 is 2.79 bits per heavy atom. The molecule has 14 heavy (non-hydrogen) atoms. The van der Waals surface area contributed by atoms with E-state index >= 15 is 0 Å². The molecule has 0 bridgehead atoms. The number of hydrogen-bond acceptors (Lipinski definition) is 1. The number of anilines is 1. The molecule has 0 atom stereocenters. The molecule has 1 aromatic carbocycles. The number of benzene rings is 1. The molecule has 1 spiro atoms. The summed E-state index contributed by atoms with van der Waals surface area (Å²) in [5, 5.41) is 0.331. The van der Waals surface area contributed by atoms with Gasteiger partial charge in [0.15, 0.2) is 0 Å². The van der Waals surface area contributed by atoms with E-state index < -0.39 is 5.41 Å². The maximum absolute atomic E-state index is 13.6. The van der Waals surface area contributed by atoms with Gasteiger partial charge in [0, 0.05) is 0 Å². The first-order valence-corrected chi connectivity index (χ1v) is 4.77. The smallest absolute Gasteiger partial charge is 0.265 e. The molecule has 1 fully saturated rings. The van der Waals surface area contributed by atoms with Crippen LogP contribution in [0.3, 0.4) is 0 Å². The van der Waals surface area contributed by atoms with Crippen LogP contribution in [0.25, 0.3) is 0 Å². The van der Waals surface area contributed by atoms with Crippen LogP contribution < -0.4 is 5.12 Å². The van der Waals surface area contributed by atoms with Crippen molar-refractivity contribution in [2.75, 3.05) is 5.12 Å². The molecule has 0 unspecified atom stereocenters. The van der Waals surface area contributed by atoms with Gasteiger partial charge in [-0.05, 0) is 30.9 Å². The molecule has 3 rings (SSSR count). The third-order valence-corrected chi connectivity index (χ3v) is 3.29. The van der Waals surface area contributed by atoms with E-state index in [1.165, 1.54) is 0 Å². The largest absolute Gasteiger partial charge is 0.271 e. The van der Waals surface area contributed by atoms with Gasteiger partial charge >= 0.3 is 0 Å². The average Bonchev–Trinajstić information content (AvgIpc) is 2.92. The number of amides is 1. The highest BCUT2D eigenvalue weighted by Gasteiger charge is 2.60. The monoisotopic (exact) mass is 191 g/mol. The minimum absolute atomic E-state index is 0.331. The van der Waals surface area contributed by atoms with Crippen LogP contribution in [0.15, 0.2) is 18.2 Å². The van der Waals surface area contributed by atoms with Crippen LogP contribution in [0, 0.1) is 6.92 Å². The first-order chi connectivity index (χ1) is 6.67. The summed E-state index contributed by atoms with van der Waals surface area (Å²) in [6, 6.07) is 5.59. The van der Waals surface area contributed by atoms with Gasteiger partial charge in [-0.3, -0.25) is 4.79 Å². The topological polar surface area (TPSA) is 20.3 Å². The lowest BCUT2D eigenvalue weighted by molar-refractivity contribution is -0.122. The number of nitrogens with zero attached hydrogens (tertiary/aromatic N) is 1. The van der Waals surface area contributed by atoms with E-state index in [0.717, 1.165) is 24.0 Å². The van der Waals surface area contributed by atoms with Gasteiger partial charge in [-0.2, -0.15) is 0 Å². The van der Waals surface area contributed by atoms with Gasteiger partial charge in [0.05, 0.1) is 11.1 Å². The summed E-state index contributed by atoms with van der Waals surface area (Å²) in [4.78, 5) is 11.6. The molecular weight excluding hydrogens is 181 g/mol. The van der Waals surface area contributed by atoms with Gasteiger partial charge in [0.1, 0.15) is 0 Å². The molecule has 2 nitrogen and oxygen atoms in total. The summed E-state index contributed by atoms with van der Waals surface area (Å²) in [5.74, 6) is -0.373. The van der Waals surface area contributed by atoms with Crippen molar-refractivity contribution >= 4 is 11.6 Å². The van der Waals surface area contributed by atoms with Gasteiger partial charge in [0.25, 0.3) is 5.91 Å². The van der Waals surface area contributed by atoms with Crippen molar-refractivity contribution in [3.05, 3.63) is 29.3 Å². The number of carbonyl (C=O) groups is 1. The minimum atomic E-state index is -0.490. The number of para-hydroxylation sites is 1. The molecule has 3 heteroatoms. The lowest BCUT2D eigenvalue weighted by atomic mass is 9.96. The Labute approximate surface area is 81.3 Å². The lowest BCUT2D eigenvalue weighted by Gasteiger charge is -2.06. The molecule has 0 N–H and O–H groups in total. The highest BCUT2D eigenvalue weighted by atomic mass is 19.2. The van der Waals surface area contributed by atoms with E-state index in [-0.39, 0.29) is 5.91 Å². The number of fused-ring (bicyclic) bond motifs is 2. The van der Waals surface area contributed by atoms with Crippen LogP contribution in [-0.4, -0.2) is 5.91 Å². The standard InChI is InChI=1S/C11H10FNO/c1-7-3-2-4-8-9(7)13(12)10(14)11(8)5-6-11/h2-4H,5-6H2,1H3. The summed E-state index contributed by atoms with van der Waals surface area (Å²) in [6.45, 7) is 1.83. The lowest BCUT2D eigenvalue weighted by Crippen LogP contribution is -2.24. The van der Waals surface area contributed by atoms with Gasteiger partial charge < -0.3 is 0 Å². The first-order valence-electron chi connectivity index (χ1n) is 4.77. The predicted molar refractivity (Wildman–Crippen MR) is 50.7 cm³/mol. The second-order valence-corrected chi connectivity index (χ2v) is 4.14. The zero-order valence-corrected chi connectivity index (χ0v) is 7.88. The summed E-state index contributed by atoms with van der Waals surface area (Å²) < 4.78 is 13.6. The van der Waals surface area contributed by atoms with Crippen LogP contribution >= 0.6 is 0 Å². The van der Waals surface area contributed by atoms with E-state index in [1.54, 1.807) is 0 Å². The van der Waals surface area contributed by atoms with Gasteiger partial charge in [-0.1, -0.05) is 22.7 Å². The summed E-state index contributed by atoms with van der Waals surface area (Å²) in [6.07, 6.45) is 1.59. The molecular formula is C11H10FNO. The molecule has 2 aliphatic rings. The van der Waals surface area contributed by atoms with E-state index in [2.05, 4.69) is 0 Å². The number of carbonyl (C=O) groups excluding carboxylic acids is 1. The number of hydrogen-bond donors (Lipinski definition) is 0. The molecule has 1 heterocycles. The summed E-state index contributed by atoms with van der Waals surface area (Å²) in [7, 11) is 0. The first kappa shape index (κ1) is 7.97. The fourth-order valence-corrected chi connectivity index (χ4v) is 2.32.